The number of ether oxygens (including phenoxy) is 1. The van der Waals surface area contributed by atoms with Crippen LogP contribution in [0, 0.1) is 5.92 Å². The van der Waals surface area contributed by atoms with Crippen molar-refractivity contribution in [2.24, 2.45) is 5.92 Å². The molecule has 1 aliphatic carbocycles. The second-order valence-electron chi connectivity index (χ2n) is 4.61. The fourth-order valence-electron chi connectivity index (χ4n) is 3.28. The molecular weight excluding hydrogens is 162 g/mol. The van der Waals surface area contributed by atoms with E-state index < -0.39 is 0 Å². The summed E-state index contributed by atoms with van der Waals surface area (Å²) in [5, 5.41) is 3.53. The quantitative estimate of drug-likeness (QED) is 0.706. The maximum absolute atomic E-state index is 5.81. The molecule has 0 bridgehead atoms. The Morgan fingerprint density at radius 3 is 2.46 bits per heavy atom. The average molecular weight is 183 g/mol. The maximum atomic E-state index is 5.81. The average Bonchev–Trinajstić information content (AvgIpc) is 2.73. The molecule has 2 unspecified atom stereocenters. The van der Waals surface area contributed by atoms with E-state index in [2.05, 4.69) is 12.2 Å². The van der Waals surface area contributed by atoms with Crippen molar-refractivity contribution in [1.82, 2.24) is 5.32 Å². The van der Waals surface area contributed by atoms with Crippen LogP contribution >= 0.6 is 0 Å². The smallest absolute Gasteiger partial charge is 0.0722 e. The van der Waals surface area contributed by atoms with Crippen LogP contribution in [-0.2, 0) is 4.74 Å². The van der Waals surface area contributed by atoms with E-state index in [1.165, 1.54) is 38.6 Å². The van der Waals surface area contributed by atoms with E-state index in [1.807, 2.05) is 7.11 Å². The molecule has 1 saturated heterocycles. The van der Waals surface area contributed by atoms with E-state index in [4.69, 9.17) is 4.74 Å². The van der Waals surface area contributed by atoms with Gasteiger partial charge < -0.3 is 10.1 Å². The topological polar surface area (TPSA) is 21.3 Å². The third-order valence-corrected chi connectivity index (χ3v) is 4.06. The Labute approximate surface area is 81.0 Å². The van der Waals surface area contributed by atoms with Gasteiger partial charge in [0.25, 0.3) is 0 Å². The molecule has 2 atom stereocenters. The fraction of sp³-hybridized carbons (Fsp3) is 1.00. The van der Waals surface area contributed by atoms with Gasteiger partial charge in [-0.15, -0.1) is 0 Å². The number of nitrogens with one attached hydrogen (secondary N) is 1. The van der Waals surface area contributed by atoms with Gasteiger partial charge in [-0.3, -0.25) is 0 Å². The van der Waals surface area contributed by atoms with Gasteiger partial charge in [0.15, 0.2) is 0 Å². The predicted octanol–water partition coefficient (Wildman–Crippen LogP) is 1.94. The van der Waals surface area contributed by atoms with Gasteiger partial charge in [-0.2, -0.15) is 0 Å². The summed E-state index contributed by atoms with van der Waals surface area (Å²) >= 11 is 0. The van der Waals surface area contributed by atoms with E-state index in [0.717, 1.165) is 5.92 Å². The van der Waals surface area contributed by atoms with Crippen molar-refractivity contribution >= 4 is 0 Å². The minimum Gasteiger partial charge on any atom is -0.378 e. The summed E-state index contributed by atoms with van der Waals surface area (Å²) in [5.41, 5.74) is 0.225. The van der Waals surface area contributed by atoms with Gasteiger partial charge in [-0.1, -0.05) is 12.8 Å². The minimum atomic E-state index is 0.225. The van der Waals surface area contributed by atoms with Crippen LogP contribution in [0.2, 0.25) is 0 Å². The van der Waals surface area contributed by atoms with Gasteiger partial charge in [-0.05, 0) is 32.7 Å². The number of rotatable bonds is 2. The standard InChI is InChI=1S/C11H21NO/c1-9-10(5-8-12-9)11(13-2)6-3-4-7-11/h9-10,12H,3-8H2,1-2H3. The lowest BCUT2D eigenvalue weighted by atomic mass is 9.81. The maximum Gasteiger partial charge on any atom is 0.0722 e. The third kappa shape index (κ3) is 1.50. The SMILES string of the molecule is COC1(C2CCNC2C)CCCC1. The first-order valence-electron chi connectivity index (χ1n) is 5.57. The zero-order valence-electron chi connectivity index (χ0n) is 8.81. The molecule has 1 aliphatic heterocycles. The first kappa shape index (κ1) is 9.47. The number of methoxy groups -OCH3 is 1. The van der Waals surface area contributed by atoms with E-state index in [9.17, 15) is 0 Å². The molecule has 1 heterocycles. The minimum absolute atomic E-state index is 0.225. The number of hydrogen-bond acceptors (Lipinski definition) is 2. The Hall–Kier alpha value is -0.0800. The van der Waals surface area contributed by atoms with Crippen molar-refractivity contribution in [1.29, 1.82) is 0 Å². The molecule has 2 nitrogen and oxygen atoms in total. The van der Waals surface area contributed by atoms with E-state index in [0.29, 0.717) is 6.04 Å². The van der Waals surface area contributed by atoms with E-state index in [-0.39, 0.29) is 5.60 Å². The first-order valence-corrected chi connectivity index (χ1v) is 5.57. The van der Waals surface area contributed by atoms with Crippen molar-refractivity contribution < 1.29 is 4.74 Å². The molecule has 2 fully saturated rings. The summed E-state index contributed by atoms with van der Waals surface area (Å²) in [6, 6.07) is 0.651. The van der Waals surface area contributed by atoms with Gasteiger partial charge in [-0.25, -0.2) is 0 Å². The Kier molecular flexibility index (Phi) is 2.61. The summed E-state index contributed by atoms with van der Waals surface area (Å²) in [5.74, 6) is 0.750. The fourth-order valence-corrected chi connectivity index (χ4v) is 3.28. The second-order valence-corrected chi connectivity index (χ2v) is 4.61. The molecule has 1 saturated carbocycles. The Balaban J connectivity index is 2.10. The van der Waals surface area contributed by atoms with Gasteiger partial charge in [0, 0.05) is 19.1 Å². The molecule has 0 aromatic heterocycles. The molecule has 0 aromatic rings. The van der Waals surface area contributed by atoms with Gasteiger partial charge in [0.05, 0.1) is 5.60 Å². The molecule has 2 rings (SSSR count). The van der Waals surface area contributed by atoms with Crippen LogP contribution in [0.3, 0.4) is 0 Å². The highest BCUT2D eigenvalue weighted by Crippen LogP contribution is 2.43. The van der Waals surface area contributed by atoms with Crippen LogP contribution in [0.25, 0.3) is 0 Å². The normalized spacial score (nSPS) is 38.3. The Morgan fingerprint density at radius 1 is 1.31 bits per heavy atom. The van der Waals surface area contributed by atoms with Gasteiger partial charge >= 0.3 is 0 Å². The third-order valence-electron chi connectivity index (χ3n) is 4.06. The Morgan fingerprint density at radius 2 is 2.00 bits per heavy atom. The summed E-state index contributed by atoms with van der Waals surface area (Å²) in [6.07, 6.45) is 6.57. The van der Waals surface area contributed by atoms with Gasteiger partial charge in [0.1, 0.15) is 0 Å². The van der Waals surface area contributed by atoms with E-state index >= 15 is 0 Å². The second kappa shape index (κ2) is 3.58. The number of hydrogen-bond donors (Lipinski definition) is 1. The van der Waals surface area contributed by atoms with E-state index in [1.54, 1.807) is 0 Å². The van der Waals surface area contributed by atoms with Crippen LogP contribution in [0.4, 0.5) is 0 Å². The van der Waals surface area contributed by atoms with Gasteiger partial charge in [0.2, 0.25) is 0 Å². The van der Waals surface area contributed by atoms with Crippen LogP contribution in [0.5, 0.6) is 0 Å². The molecule has 1 N–H and O–H groups in total. The van der Waals surface area contributed by atoms with Crippen molar-refractivity contribution in [3.05, 3.63) is 0 Å². The van der Waals surface area contributed by atoms with Crippen LogP contribution < -0.4 is 5.32 Å². The molecular formula is C11H21NO. The lowest BCUT2D eigenvalue weighted by Crippen LogP contribution is -2.42. The Bertz CT molecular complexity index is 175. The highest BCUT2D eigenvalue weighted by Gasteiger charge is 2.45. The van der Waals surface area contributed by atoms with Crippen molar-refractivity contribution in [3.8, 4) is 0 Å². The highest BCUT2D eigenvalue weighted by molar-refractivity contribution is 4.99. The molecule has 2 aliphatic rings. The largest absolute Gasteiger partial charge is 0.378 e. The lowest BCUT2D eigenvalue weighted by molar-refractivity contribution is -0.0552. The van der Waals surface area contributed by atoms with Crippen molar-refractivity contribution in [2.75, 3.05) is 13.7 Å². The molecule has 2 heteroatoms. The zero-order chi connectivity index (χ0) is 9.31. The molecule has 0 spiro atoms. The summed E-state index contributed by atoms with van der Waals surface area (Å²) in [7, 11) is 1.90. The predicted molar refractivity (Wildman–Crippen MR) is 53.8 cm³/mol. The van der Waals surface area contributed by atoms with Crippen LogP contribution in [0.15, 0.2) is 0 Å². The monoisotopic (exact) mass is 183 g/mol. The first-order chi connectivity index (χ1) is 6.28. The van der Waals surface area contributed by atoms with Crippen LogP contribution in [-0.4, -0.2) is 25.3 Å². The summed E-state index contributed by atoms with van der Waals surface area (Å²) in [4.78, 5) is 0. The molecule has 0 aromatic carbocycles. The summed E-state index contributed by atoms with van der Waals surface area (Å²) in [6.45, 7) is 3.48. The van der Waals surface area contributed by atoms with Crippen molar-refractivity contribution in [2.45, 2.75) is 50.7 Å². The zero-order valence-corrected chi connectivity index (χ0v) is 8.81. The lowest BCUT2D eigenvalue weighted by Gasteiger charge is -2.36. The highest BCUT2D eigenvalue weighted by atomic mass is 16.5. The molecule has 0 amide bonds. The molecule has 0 radical (unpaired) electrons. The molecule has 76 valence electrons. The van der Waals surface area contributed by atoms with Crippen LogP contribution in [0.1, 0.15) is 39.0 Å². The molecule has 13 heavy (non-hydrogen) atoms. The summed E-state index contributed by atoms with van der Waals surface area (Å²) < 4.78 is 5.81. The van der Waals surface area contributed by atoms with Crippen molar-refractivity contribution in [3.63, 3.8) is 0 Å².